The van der Waals surface area contributed by atoms with Gasteiger partial charge in [0.1, 0.15) is 5.82 Å². The Balaban J connectivity index is 1.73. The maximum Gasteiger partial charge on any atom is 0.266 e. The first-order valence-corrected chi connectivity index (χ1v) is 13.1. The second-order valence-corrected chi connectivity index (χ2v) is 9.75. The number of carbonyl (C=O) groups is 1. The molecule has 7 heteroatoms. The first-order chi connectivity index (χ1) is 18.5. The summed E-state index contributed by atoms with van der Waals surface area (Å²) < 4.78 is 1.62. The summed E-state index contributed by atoms with van der Waals surface area (Å²) in [6.45, 7) is 2.30. The molecule has 0 saturated heterocycles. The number of carbonyl (C=O) groups excluding carboxylic acids is 1. The van der Waals surface area contributed by atoms with E-state index in [1.54, 1.807) is 33.7 Å². The molecular weight excluding hydrogens is 517 g/mol. The lowest BCUT2D eigenvalue weighted by Crippen LogP contribution is -2.38. The zero-order chi connectivity index (χ0) is 26.6. The molecule has 5 rings (SSSR count). The fourth-order valence-corrected chi connectivity index (χ4v) is 4.94. The van der Waals surface area contributed by atoms with E-state index in [9.17, 15) is 9.59 Å². The lowest BCUT2D eigenvalue weighted by Gasteiger charge is -2.32. The molecular formula is C31H25Cl2N3O2. The number of hydrogen-bond donors (Lipinski definition) is 0. The topological polar surface area (TPSA) is 55.2 Å². The molecule has 5 aromatic rings. The molecule has 0 radical (unpaired) electrons. The summed E-state index contributed by atoms with van der Waals surface area (Å²) in [5.41, 5.74) is 2.44. The number of fused-ring (bicyclic) bond motifs is 1. The molecule has 0 fully saturated rings. The minimum atomic E-state index is -0.519. The Morgan fingerprint density at radius 3 is 2.21 bits per heavy atom. The summed E-state index contributed by atoms with van der Waals surface area (Å²) in [4.78, 5) is 34.7. The van der Waals surface area contributed by atoms with Gasteiger partial charge in [-0.3, -0.25) is 14.2 Å². The van der Waals surface area contributed by atoms with Gasteiger partial charge >= 0.3 is 0 Å². The third-order valence-corrected chi connectivity index (χ3v) is 7.24. The van der Waals surface area contributed by atoms with Crippen molar-refractivity contribution < 1.29 is 4.79 Å². The van der Waals surface area contributed by atoms with Gasteiger partial charge in [-0.25, -0.2) is 4.98 Å². The van der Waals surface area contributed by atoms with Crippen molar-refractivity contribution in [3.8, 4) is 5.69 Å². The van der Waals surface area contributed by atoms with E-state index in [1.165, 1.54) is 0 Å². The third-order valence-electron chi connectivity index (χ3n) is 6.50. The van der Waals surface area contributed by atoms with Crippen molar-refractivity contribution in [2.75, 3.05) is 0 Å². The number of hydrogen-bond acceptors (Lipinski definition) is 3. The van der Waals surface area contributed by atoms with Gasteiger partial charge in [-0.1, -0.05) is 90.8 Å². The van der Waals surface area contributed by atoms with Crippen molar-refractivity contribution in [3.63, 3.8) is 0 Å². The molecule has 0 aliphatic carbocycles. The van der Waals surface area contributed by atoms with Crippen LogP contribution in [0.25, 0.3) is 16.6 Å². The highest BCUT2D eigenvalue weighted by molar-refractivity contribution is 6.42. The van der Waals surface area contributed by atoms with Crippen molar-refractivity contribution in [2.45, 2.75) is 25.9 Å². The van der Waals surface area contributed by atoms with E-state index in [1.807, 2.05) is 85.8 Å². The zero-order valence-electron chi connectivity index (χ0n) is 20.7. The Labute approximate surface area is 230 Å². The highest BCUT2D eigenvalue weighted by atomic mass is 35.5. The van der Waals surface area contributed by atoms with Crippen LogP contribution in [0.1, 0.15) is 41.1 Å². The molecule has 1 atom stereocenters. The van der Waals surface area contributed by atoms with Gasteiger partial charge in [0, 0.05) is 12.1 Å². The first-order valence-electron chi connectivity index (χ1n) is 12.3. The van der Waals surface area contributed by atoms with E-state index < -0.39 is 6.04 Å². The number of benzene rings is 4. The molecule has 0 aliphatic heterocycles. The van der Waals surface area contributed by atoms with Crippen LogP contribution in [0.5, 0.6) is 0 Å². The first kappa shape index (κ1) is 25.7. The van der Waals surface area contributed by atoms with Crippen molar-refractivity contribution in [1.29, 1.82) is 0 Å². The van der Waals surface area contributed by atoms with Crippen LogP contribution in [0.2, 0.25) is 10.0 Å². The van der Waals surface area contributed by atoms with Crippen molar-refractivity contribution in [3.05, 3.63) is 140 Å². The van der Waals surface area contributed by atoms with Crippen LogP contribution >= 0.6 is 23.2 Å². The van der Waals surface area contributed by atoms with Gasteiger partial charge in [0.25, 0.3) is 11.5 Å². The lowest BCUT2D eigenvalue weighted by molar-refractivity contribution is 0.0640. The van der Waals surface area contributed by atoms with Crippen LogP contribution in [-0.2, 0) is 6.54 Å². The average Bonchev–Trinajstić information content (AvgIpc) is 2.95. The quantitative estimate of drug-likeness (QED) is 0.214. The van der Waals surface area contributed by atoms with Gasteiger partial charge in [-0.05, 0) is 54.4 Å². The normalized spacial score (nSPS) is 11.9. The standard InChI is InChI=1S/C31H25Cl2N3O2/c1-2-28(29-34-27-16-10-9-15-24(27)31(38)36(29)23-13-7-4-8-14-23)35(20-21-11-5-3-6-12-21)30(37)22-17-18-25(32)26(33)19-22/h3-19,28H,2,20H2,1H3. The number of halogens is 2. The van der Waals surface area contributed by atoms with E-state index in [-0.39, 0.29) is 11.5 Å². The molecule has 0 N–H and O–H groups in total. The van der Waals surface area contributed by atoms with Crippen LogP contribution in [-0.4, -0.2) is 20.4 Å². The Morgan fingerprint density at radius 2 is 1.53 bits per heavy atom. The number of amides is 1. The van der Waals surface area contributed by atoms with Crippen molar-refractivity contribution in [1.82, 2.24) is 14.5 Å². The van der Waals surface area contributed by atoms with Gasteiger partial charge in [0.2, 0.25) is 0 Å². The molecule has 0 bridgehead atoms. The molecule has 5 nitrogen and oxygen atoms in total. The summed E-state index contributed by atoms with van der Waals surface area (Å²) in [6.07, 6.45) is 0.525. The van der Waals surface area contributed by atoms with Gasteiger partial charge in [0.15, 0.2) is 0 Å². The molecule has 190 valence electrons. The molecule has 1 amide bonds. The zero-order valence-corrected chi connectivity index (χ0v) is 22.2. The Hall–Kier alpha value is -3.93. The van der Waals surface area contributed by atoms with Crippen LogP contribution in [0.4, 0.5) is 0 Å². The average molecular weight is 542 g/mol. The summed E-state index contributed by atoms with van der Waals surface area (Å²) in [5.74, 6) is 0.257. The van der Waals surface area contributed by atoms with Gasteiger partial charge in [-0.2, -0.15) is 0 Å². The molecule has 38 heavy (non-hydrogen) atoms. The number of aromatic nitrogens is 2. The van der Waals surface area contributed by atoms with Gasteiger partial charge in [-0.15, -0.1) is 0 Å². The fourth-order valence-electron chi connectivity index (χ4n) is 4.64. The minimum Gasteiger partial charge on any atom is -0.324 e. The fraction of sp³-hybridized carbons (Fsp3) is 0.129. The third kappa shape index (κ3) is 5.08. The molecule has 1 aromatic heterocycles. The van der Waals surface area contributed by atoms with E-state index in [2.05, 4.69) is 0 Å². The number of nitrogens with zero attached hydrogens (tertiary/aromatic N) is 3. The minimum absolute atomic E-state index is 0.183. The second-order valence-electron chi connectivity index (χ2n) is 8.93. The maximum absolute atomic E-state index is 14.1. The molecule has 0 aliphatic rings. The highest BCUT2D eigenvalue weighted by Crippen LogP contribution is 2.30. The molecule has 1 unspecified atom stereocenters. The van der Waals surface area contributed by atoms with Crippen molar-refractivity contribution >= 4 is 40.0 Å². The molecule has 0 saturated carbocycles. The Bertz CT molecular complexity index is 1650. The monoisotopic (exact) mass is 541 g/mol. The van der Waals surface area contributed by atoms with Crippen LogP contribution in [0, 0.1) is 0 Å². The molecule has 0 spiro atoms. The second kappa shape index (κ2) is 11.2. The summed E-state index contributed by atoms with van der Waals surface area (Å²) in [7, 11) is 0. The van der Waals surface area contributed by atoms with Crippen LogP contribution in [0.3, 0.4) is 0 Å². The van der Waals surface area contributed by atoms with Gasteiger partial charge in [0.05, 0.1) is 32.7 Å². The Morgan fingerprint density at radius 1 is 0.868 bits per heavy atom. The van der Waals surface area contributed by atoms with E-state index >= 15 is 0 Å². The number of para-hydroxylation sites is 2. The summed E-state index contributed by atoms with van der Waals surface area (Å²) >= 11 is 12.4. The van der Waals surface area contributed by atoms with Gasteiger partial charge < -0.3 is 4.90 Å². The van der Waals surface area contributed by atoms with Crippen LogP contribution < -0.4 is 5.56 Å². The number of rotatable bonds is 7. The highest BCUT2D eigenvalue weighted by Gasteiger charge is 2.30. The van der Waals surface area contributed by atoms with E-state index in [0.717, 1.165) is 5.56 Å². The van der Waals surface area contributed by atoms with Crippen LogP contribution in [0.15, 0.2) is 108 Å². The predicted octanol–water partition coefficient (Wildman–Crippen LogP) is 7.49. The smallest absolute Gasteiger partial charge is 0.266 e. The summed E-state index contributed by atoms with van der Waals surface area (Å²) in [6, 6.07) is 30.8. The predicted molar refractivity (Wildman–Crippen MR) is 153 cm³/mol. The van der Waals surface area contributed by atoms with E-state index in [0.29, 0.717) is 51.0 Å². The lowest BCUT2D eigenvalue weighted by atomic mass is 10.1. The van der Waals surface area contributed by atoms with Crippen molar-refractivity contribution in [2.24, 2.45) is 0 Å². The summed E-state index contributed by atoms with van der Waals surface area (Å²) in [5, 5.41) is 1.19. The SMILES string of the molecule is CCC(c1nc2ccccc2c(=O)n1-c1ccccc1)N(Cc1ccccc1)C(=O)c1ccc(Cl)c(Cl)c1. The molecule has 4 aromatic carbocycles. The largest absolute Gasteiger partial charge is 0.324 e. The van der Waals surface area contributed by atoms with E-state index in [4.69, 9.17) is 28.2 Å². The molecule has 1 heterocycles. The maximum atomic E-state index is 14.1. The Kier molecular flexibility index (Phi) is 7.59.